The van der Waals surface area contributed by atoms with Gasteiger partial charge in [0, 0.05) is 0 Å². The van der Waals surface area contributed by atoms with Gasteiger partial charge < -0.3 is 10.2 Å². The van der Waals surface area contributed by atoms with Gasteiger partial charge in [0.15, 0.2) is 0 Å². The van der Waals surface area contributed by atoms with E-state index in [1.165, 1.54) is 5.57 Å². The second-order valence-electron chi connectivity index (χ2n) is 6.31. The Bertz CT molecular complexity index is 625. The molecular formula is C20H26O2. The first-order valence-electron chi connectivity index (χ1n) is 8.05. The van der Waals surface area contributed by atoms with Crippen molar-refractivity contribution >= 4 is 5.57 Å². The lowest BCUT2D eigenvalue weighted by atomic mass is 9.94. The molecule has 0 unspecified atom stereocenters. The molecule has 22 heavy (non-hydrogen) atoms. The van der Waals surface area contributed by atoms with Crippen LogP contribution in [-0.4, -0.2) is 10.2 Å². The molecule has 2 heteroatoms. The van der Waals surface area contributed by atoms with Crippen LogP contribution in [0.1, 0.15) is 57.6 Å². The first-order chi connectivity index (χ1) is 10.4. The van der Waals surface area contributed by atoms with Crippen LogP contribution < -0.4 is 0 Å². The van der Waals surface area contributed by atoms with Crippen LogP contribution in [0.15, 0.2) is 41.5 Å². The molecule has 0 heterocycles. The highest BCUT2D eigenvalue weighted by Gasteiger charge is 2.21. The highest BCUT2D eigenvalue weighted by molar-refractivity contribution is 5.88. The number of aryl methyl sites for hydroxylation is 1. The summed E-state index contributed by atoms with van der Waals surface area (Å²) in [5, 5.41) is 20.8. The van der Waals surface area contributed by atoms with Gasteiger partial charge in [-0.1, -0.05) is 43.6 Å². The number of phenolic OH excluding ortho intramolecular Hbond substituents is 2. The van der Waals surface area contributed by atoms with Crippen LogP contribution >= 0.6 is 0 Å². The zero-order valence-corrected chi connectivity index (χ0v) is 13.9. The molecule has 1 aliphatic rings. The average Bonchev–Trinajstić information content (AvgIpc) is 2.80. The molecule has 0 bridgehead atoms. The Morgan fingerprint density at radius 2 is 1.82 bits per heavy atom. The van der Waals surface area contributed by atoms with Crippen molar-refractivity contribution in [1.29, 1.82) is 0 Å². The van der Waals surface area contributed by atoms with Gasteiger partial charge in [-0.25, -0.2) is 0 Å². The van der Waals surface area contributed by atoms with E-state index in [0.717, 1.165) is 54.4 Å². The van der Waals surface area contributed by atoms with Crippen molar-refractivity contribution in [2.45, 2.75) is 52.9 Å². The minimum absolute atomic E-state index is 0.159. The molecule has 118 valence electrons. The van der Waals surface area contributed by atoms with Crippen LogP contribution in [0.25, 0.3) is 5.57 Å². The Balaban J connectivity index is 2.40. The molecule has 0 saturated heterocycles. The number of benzene rings is 1. The van der Waals surface area contributed by atoms with Crippen LogP contribution in [0.5, 0.6) is 11.5 Å². The smallest absolute Gasteiger partial charge is 0.127 e. The van der Waals surface area contributed by atoms with Gasteiger partial charge >= 0.3 is 0 Å². The van der Waals surface area contributed by atoms with Gasteiger partial charge in [-0.3, -0.25) is 0 Å². The Morgan fingerprint density at radius 3 is 2.36 bits per heavy atom. The number of unbranched alkanes of at least 4 members (excludes halogenated alkanes) is 2. The Kier molecular flexibility index (Phi) is 5.12. The molecule has 0 spiro atoms. The predicted octanol–water partition coefficient (Wildman–Crippen LogP) is 5.51. The van der Waals surface area contributed by atoms with E-state index in [4.69, 9.17) is 0 Å². The van der Waals surface area contributed by atoms with E-state index < -0.39 is 0 Å². The summed E-state index contributed by atoms with van der Waals surface area (Å²) in [4.78, 5) is 0. The number of hydrogen-bond donors (Lipinski definition) is 2. The van der Waals surface area contributed by atoms with Crippen LogP contribution in [0.2, 0.25) is 0 Å². The zero-order chi connectivity index (χ0) is 16.3. The predicted molar refractivity (Wildman–Crippen MR) is 93.1 cm³/mol. The van der Waals surface area contributed by atoms with Crippen LogP contribution in [0, 0.1) is 0 Å². The number of phenols is 2. The highest BCUT2D eigenvalue weighted by Crippen LogP contribution is 2.43. The van der Waals surface area contributed by atoms with Gasteiger partial charge in [0.2, 0.25) is 0 Å². The van der Waals surface area contributed by atoms with Crippen LogP contribution in [0.3, 0.4) is 0 Å². The van der Waals surface area contributed by atoms with Gasteiger partial charge in [0.1, 0.15) is 11.5 Å². The summed E-state index contributed by atoms with van der Waals surface area (Å²) >= 11 is 0. The first-order valence-corrected chi connectivity index (χ1v) is 8.05. The van der Waals surface area contributed by atoms with Crippen LogP contribution in [0.4, 0.5) is 0 Å². The average molecular weight is 298 g/mol. The van der Waals surface area contributed by atoms with Crippen molar-refractivity contribution in [2.24, 2.45) is 0 Å². The zero-order valence-electron chi connectivity index (χ0n) is 13.9. The molecule has 1 aliphatic carbocycles. The largest absolute Gasteiger partial charge is 0.507 e. The van der Waals surface area contributed by atoms with E-state index in [0.29, 0.717) is 5.56 Å². The topological polar surface area (TPSA) is 40.5 Å². The summed E-state index contributed by atoms with van der Waals surface area (Å²) in [6, 6.07) is 3.57. The van der Waals surface area contributed by atoms with Crippen molar-refractivity contribution in [3.8, 4) is 11.5 Å². The fourth-order valence-corrected chi connectivity index (χ4v) is 3.03. The SMILES string of the molecule is C=C(C)C1=C(c2c(O)cc(CCCCC)cc2O)C=C(C)C1. The van der Waals surface area contributed by atoms with Crippen molar-refractivity contribution in [2.75, 3.05) is 0 Å². The summed E-state index contributed by atoms with van der Waals surface area (Å²) in [7, 11) is 0. The summed E-state index contributed by atoms with van der Waals surface area (Å²) in [6.45, 7) is 10.2. The molecule has 2 nitrogen and oxygen atoms in total. The maximum atomic E-state index is 10.4. The van der Waals surface area contributed by atoms with E-state index in [9.17, 15) is 10.2 Å². The summed E-state index contributed by atoms with van der Waals surface area (Å²) in [5.41, 5.74) is 5.73. The van der Waals surface area contributed by atoms with Crippen molar-refractivity contribution < 1.29 is 10.2 Å². The van der Waals surface area contributed by atoms with Crippen molar-refractivity contribution in [3.05, 3.63) is 52.6 Å². The lowest BCUT2D eigenvalue weighted by Crippen LogP contribution is -1.92. The van der Waals surface area contributed by atoms with Gasteiger partial charge in [-0.2, -0.15) is 0 Å². The third-order valence-electron chi connectivity index (χ3n) is 4.18. The van der Waals surface area contributed by atoms with Crippen molar-refractivity contribution in [3.63, 3.8) is 0 Å². The van der Waals surface area contributed by atoms with E-state index in [1.54, 1.807) is 12.1 Å². The second-order valence-corrected chi connectivity index (χ2v) is 6.31. The minimum atomic E-state index is 0.159. The molecule has 0 atom stereocenters. The van der Waals surface area contributed by atoms with Crippen LogP contribution in [-0.2, 0) is 6.42 Å². The van der Waals surface area contributed by atoms with E-state index in [-0.39, 0.29) is 11.5 Å². The van der Waals surface area contributed by atoms with E-state index in [2.05, 4.69) is 20.4 Å². The van der Waals surface area contributed by atoms with E-state index >= 15 is 0 Å². The van der Waals surface area contributed by atoms with Gasteiger partial charge in [-0.05, 0) is 62.0 Å². The van der Waals surface area contributed by atoms with E-state index in [1.807, 2.05) is 13.0 Å². The third-order valence-corrected chi connectivity index (χ3v) is 4.18. The van der Waals surface area contributed by atoms with Gasteiger partial charge in [-0.15, -0.1) is 0 Å². The number of aromatic hydroxyl groups is 2. The molecule has 0 saturated carbocycles. The monoisotopic (exact) mass is 298 g/mol. The van der Waals surface area contributed by atoms with Gasteiger partial charge in [0.25, 0.3) is 0 Å². The minimum Gasteiger partial charge on any atom is -0.507 e. The lowest BCUT2D eigenvalue weighted by molar-refractivity contribution is 0.446. The Morgan fingerprint density at radius 1 is 1.18 bits per heavy atom. The maximum absolute atomic E-state index is 10.4. The maximum Gasteiger partial charge on any atom is 0.127 e. The van der Waals surface area contributed by atoms with Crippen molar-refractivity contribution in [1.82, 2.24) is 0 Å². The quantitative estimate of drug-likeness (QED) is 0.680. The third kappa shape index (κ3) is 3.44. The summed E-state index contributed by atoms with van der Waals surface area (Å²) < 4.78 is 0. The van der Waals surface area contributed by atoms with Gasteiger partial charge in [0.05, 0.1) is 5.56 Å². The molecule has 0 aromatic heterocycles. The molecule has 1 aromatic rings. The number of allylic oxidation sites excluding steroid dienone is 5. The molecule has 0 aliphatic heterocycles. The standard InChI is InChI=1S/C20H26O2/c1-5-6-7-8-15-11-18(21)20(19(22)12-15)17-10-14(4)9-16(17)13(2)3/h10-12,21-22H,2,5-9H2,1,3-4H3. The molecule has 2 N–H and O–H groups in total. The molecule has 1 aromatic carbocycles. The highest BCUT2D eigenvalue weighted by atomic mass is 16.3. The first kappa shape index (κ1) is 16.4. The summed E-state index contributed by atoms with van der Waals surface area (Å²) in [5.74, 6) is 0.317. The fraction of sp³-hybridized carbons (Fsp3) is 0.400. The Labute approximate surface area is 133 Å². The second kappa shape index (κ2) is 6.87. The molecular weight excluding hydrogens is 272 g/mol. The lowest BCUT2D eigenvalue weighted by Gasteiger charge is -2.13. The Hall–Kier alpha value is -1.96. The number of rotatable bonds is 6. The normalized spacial score (nSPS) is 14.4. The number of hydrogen-bond acceptors (Lipinski definition) is 2. The summed E-state index contributed by atoms with van der Waals surface area (Å²) in [6.07, 6.45) is 7.16. The molecule has 2 rings (SSSR count). The molecule has 0 fully saturated rings. The molecule has 0 radical (unpaired) electrons. The molecule has 0 amide bonds. The fourth-order valence-electron chi connectivity index (χ4n) is 3.03.